The van der Waals surface area contributed by atoms with E-state index in [1.807, 2.05) is 59.2 Å². The van der Waals surface area contributed by atoms with Crippen molar-refractivity contribution < 1.29 is 9.59 Å². The summed E-state index contributed by atoms with van der Waals surface area (Å²) in [4.78, 5) is 29.2. The molecule has 0 aliphatic carbocycles. The van der Waals surface area contributed by atoms with E-state index in [2.05, 4.69) is 27.1 Å². The van der Waals surface area contributed by atoms with Crippen molar-refractivity contribution in [3.8, 4) is 0 Å². The zero-order chi connectivity index (χ0) is 21.8. The minimum absolute atomic E-state index is 0.0749. The maximum absolute atomic E-state index is 12.5. The van der Waals surface area contributed by atoms with E-state index in [1.54, 1.807) is 6.08 Å². The van der Waals surface area contributed by atoms with Crippen LogP contribution in [0.2, 0.25) is 0 Å². The fourth-order valence-corrected chi connectivity index (χ4v) is 4.06. The molecule has 1 amide bonds. The maximum Gasteiger partial charge on any atom is 0.231 e. The summed E-state index contributed by atoms with van der Waals surface area (Å²) in [5.41, 5.74) is 3.17. The number of nitrogens with zero attached hydrogens (tertiary/aromatic N) is 4. The van der Waals surface area contributed by atoms with Gasteiger partial charge in [0.2, 0.25) is 11.1 Å². The average molecular weight is 432 g/mol. The number of hydrogen-bond donors (Lipinski definition) is 1. The zero-order valence-corrected chi connectivity index (χ0v) is 17.8. The predicted octanol–water partition coefficient (Wildman–Crippen LogP) is 3.70. The summed E-state index contributed by atoms with van der Waals surface area (Å²) in [6, 6.07) is 16.4. The molecule has 0 saturated carbocycles. The molecule has 0 bridgehead atoms. The molecule has 0 spiro atoms. The number of aromatic nitrogens is 4. The molecule has 8 heteroatoms. The van der Waals surface area contributed by atoms with Crippen molar-refractivity contribution in [2.45, 2.75) is 24.7 Å². The number of benzene rings is 2. The molecule has 31 heavy (non-hydrogen) atoms. The van der Waals surface area contributed by atoms with E-state index in [0.717, 1.165) is 16.5 Å². The topological polar surface area (TPSA) is 89.8 Å². The summed E-state index contributed by atoms with van der Waals surface area (Å²) in [7, 11) is 0. The van der Waals surface area contributed by atoms with E-state index in [0.29, 0.717) is 22.9 Å². The molecule has 1 atom stereocenters. The lowest BCUT2D eigenvalue weighted by Gasteiger charge is -2.16. The van der Waals surface area contributed by atoms with Gasteiger partial charge >= 0.3 is 0 Å². The summed E-state index contributed by atoms with van der Waals surface area (Å²) >= 11 is 1.18. The van der Waals surface area contributed by atoms with Crippen LogP contribution in [0.4, 0.5) is 0 Å². The fraction of sp³-hybridized carbons (Fsp3) is 0.174. The van der Waals surface area contributed by atoms with Crippen LogP contribution in [0.5, 0.6) is 0 Å². The standard InChI is InChI=1S/C23H21N5O2S/c1-3-13-28-18-12-8-7-11-17(18)21-22(28)25-23(27-26-21)31-14-19(30)24-20(15(2)29)16-9-5-4-6-10-16/h3-12,20H,1,13-14H2,2H3,(H,24,30)/t20-/m1/s1. The lowest BCUT2D eigenvalue weighted by Crippen LogP contribution is -2.33. The second-order valence-electron chi connectivity index (χ2n) is 6.99. The van der Waals surface area contributed by atoms with Crippen LogP contribution < -0.4 is 5.32 Å². The van der Waals surface area contributed by atoms with Crippen LogP contribution in [-0.2, 0) is 16.1 Å². The molecule has 4 aromatic rings. The van der Waals surface area contributed by atoms with Crippen LogP contribution >= 0.6 is 11.8 Å². The Morgan fingerprint density at radius 2 is 1.87 bits per heavy atom. The molecule has 7 nitrogen and oxygen atoms in total. The monoisotopic (exact) mass is 431 g/mol. The summed E-state index contributed by atoms with van der Waals surface area (Å²) in [5, 5.41) is 12.7. The Balaban J connectivity index is 1.53. The number of carbonyl (C=O) groups is 2. The summed E-state index contributed by atoms with van der Waals surface area (Å²) in [5.74, 6) is -0.326. The van der Waals surface area contributed by atoms with Crippen molar-refractivity contribution in [2.24, 2.45) is 0 Å². The van der Waals surface area contributed by atoms with E-state index in [-0.39, 0.29) is 17.4 Å². The molecular weight excluding hydrogens is 410 g/mol. The van der Waals surface area contributed by atoms with Gasteiger partial charge in [0.25, 0.3) is 0 Å². The highest BCUT2D eigenvalue weighted by Gasteiger charge is 2.20. The normalized spacial score (nSPS) is 12.0. The summed E-state index contributed by atoms with van der Waals surface area (Å²) < 4.78 is 2.03. The number of para-hydroxylation sites is 1. The Bertz CT molecular complexity index is 1270. The number of hydrogen-bond acceptors (Lipinski definition) is 6. The van der Waals surface area contributed by atoms with Crippen LogP contribution in [-0.4, -0.2) is 37.2 Å². The molecule has 0 unspecified atom stereocenters. The number of ketones is 1. The predicted molar refractivity (Wildman–Crippen MR) is 122 cm³/mol. The summed E-state index contributed by atoms with van der Waals surface area (Å²) in [6.45, 7) is 5.88. The first-order valence-corrected chi connectivity index (χ1v) is 10.8. The van der Waals surface area contributed by atoms with Gasteiger partial charge in [0.1, 0.15) is 11.6 Å². The molecule has 156 valence electrons. The average Bonchev–Trinajstić information content (AvgIpc) is 3.10. The number of fused-ring (bicyclic) bond motifs is 3. The van der Waals surface area contributed by atoms with Gasteiger partial charge in [-0.1, -0.05) is 66.4 Å². The first-order chi connectivity index (χ1) is 15.1. The van der Waals surface area contributed by atoms with Gasteiger partial charge in [-0.3, -0.25) is 9.59 Å². The van der Waals surface area contributed by atoms with Crippen LogP contribution in [0.3, 0.4) is 0 Å². The van der Waals surface area contributed by atoms with Crippen molar-refractivity contribution in [3.05, 3.63) is 72.8 Å². The highest BCUT2D eigenvalue weighted by Crippen LogP contribution is 2.27. The van der Waals surface area contributed by atoms with Gasteiger partial charge in [-0.2, -0.15) is 0 Å². The van der Waals surface area contributed by atoms with Crippen molar-refractivity contribution in [2.75, 3.05) is 5.75 Å². The molecule has 2 heterocycles. The quantitative estimate of drug-likeness (QED) is 0.338. The second kappa shape index (κ2) is 9.09. The Morgan fingerprint density at radius 3 is 2.61 bits per heavy atom. The van der Waals surface area contributed by atoms with Gasteiger partial charge in [-0.15, -0.1) is 16.8 Å². The first kappa shape index (κ1) is 20.7. The lowest BCUT2D eigenvalue weighted by molar-refractivity contribution is -0.125. The Morgan fingerprint density at radius 1 is 1.13 bits per heavy atom. The Hall–Kier alpha value is -3.52. The van der Waals surface area contributed by atoms with Crippen LogP contribution in [0, 0.1) is 0 Å². The van der Waals surface area contributed by atoms with E-state index in [1.165, 1.54) is 18.7 Å². The smallest absolute Gasteiger partial charge is 0.231 e. The second-order valence-corrected chi connectivity index (χ2v) is 7.94. The van der Waals surface area contributed by atoms with Crippen molar-refractivity contribution >= 4 is 45.5 Å². The zero-order valence-electron chi connectivity index (χ0n) is 17.0. The molecule has 1 N–H and O–H groups in total. The highest BCUT2D eigenvalue weighted by molar-refractivity contribution is 7.99. The van der Waals surface area contributed by atoms with Gasteiger partial charge in [0.05, 0.1) is 11.3 Å². The number of carbonyl (C=O) groups excluding carboxylic acids is 2. The largest absolute Gasteiger partial charge is 0.341 e. The molecular formula is C23H21N5O2S. The lowest BCUT2D eigenvalue weighted by atomic mass is 10.0. The van der Waals surface area contributed by atoms with Gasteiger partial charge in [-0.05, 0) is 18.6 Å². The van der Waals surface area contributed by atoms with Crippen molar-refractivity contribution in [3.63, 3.8) is 0 Å². The van der Waals surface area contributed by atoms with E-state index in [4.69, 9.17) is 0 Å². The number of thioether (sulfide) groups is 1. The van der Waals surface area contributed by atoms with E-state index in [9.17, 15) is 9.59 Å². The number of allylic oxidation sites excluding steroid dienone is 1. The van der Waals surface area contributed by atoms with Crippen molar-refractivity contribution in [1.82, 2.24) is 25.1 Å². The Labute approximate surface area is 183 Å². The molecule has 2 aromatic carbocycles. The molecule has 0 saturated heterocycles. The van der Waals surface area contributed by atoms with Gasteiger partial charge in [-0.25, -0.2) is 4.98 Å². The molecule has 0 aliphatic heterocycles. The van der Waals surface area contributed by atoms with Gasteiger partial charge < -0.3 is 9.88 Å². The van der Waals surface area contributed by atoms with Crippen LogP contribution in [0.25, 0.3) is 22.1 Å². The van der Waals surface area contributed by atoms with E-state index >= 15 is 0 Å². The minimum atomic E-state index is -0.675. The molecule has 0 aliphatic rings. The van der Waals surface area contributed by atoms with Crippen LogP contribution in [0.1, 0.15) is 18.5 Å². The van der Waals surface area contributed by atoms with Crippen LogP contribution in [0.15, 0.2) is 72.4 Å². The van der Waals surface area contributed by atoms with E-state index < -0.39 is 6.04 Å². The summed E-state index contributed by atoms with van der Waals surface area (Å²) in [6.07, 6.45) is 1.81. The minimum Gasteiger partial charge on any atom is -0.341 e. The van der Waals surface area contributed by atoms with Crippen molar-refractivity contribution in [1.29, 1.82) is 0 Å². The maximum atomic E-state index is 12.5. The molecule has 2 aromatic heterocycles. The first-order valence-electron chi connectivity index (χ1n) is 9.78. The fourth-order valence-electron chi connectivity index (χ4n) is 3.46. The SMILES string of the molecule is C=CCn1c2ccccc2c2nnc(SCC(=O)N[C@H](C(C)=O)c3ccccc3)nc21. The van der Waals surface area contributed by atoms with Gasteiger partial charge in [0.15, 0.2) is 11.4 Å². The third-order valence-electron chi connectivity index (χ3n) is 4.84. The third-order valence-corrected chi connectivity index (χ3v) is 5.68. The highest BCUT2D eigenvalue weighted by atomic mass is 32.2. The molecule has 0 radical (unpaired) electrons. The van der Waals surface area contributed by atoms with Gasteiger partial charge in [0, 0.05) is 11.9 Å². The Kier molecular flexibility index (Phi) is 6.08. The third kappa shape index (κ3) is 4.34. The number of Topliss-reactive ketones (excluding diaryl/α,β-unsaturated/α-hetero) is 1. The molecule has 4 rings (SSSR count). The number of rotatable bonds is 8. The molecule has 0 fully saturated rings. The number of nitrogens with one attached hydrogen (secondary N) is 1. The number of amides is 1.